The number of halogens is 3. The molecule has 2 aromatic carbocycles. The Morgan fingerprint density at radius 2 is 1.95 bits per heavy atom. The van der Waals surface area contributed by atoms with Gasteiger partial charge in [-0.25, -0.2) is 8.78 Å². The fraction of sp³-hybridized carbons (Fsp3) is 0.0714. The van der Waals surface area contributed by atoms with Crippen molar-refractivity contribution in [1.29, 1.82) is 5.41 Å². The van der Waals surface area contributed by atoms with Crippen LogP contribution in [-0.4, -0.2) is 5.84 Å². The highest BCUT2D eigenvalue weighted by Crippen LogP contribution is 2.26. The molecule has 6 heteroatoms. The first-order valence-corrected chi connectivity index (χ1v) is 6.06. The van der Waals surface area contributed by atoms with E-state index in [0.717, 1.165) is 18.2 Å². The third-order valence-electron chi connectivity index (χ3n) is 2.63. The van der Waals surface area contributed by atoms with E-state index in [1.165, 1.54) is 12.1 Å². The summed E-state index contributed by atoms with van der Waals surface area (Å²) in [6.07, 6.45) is 0. The summed E-state index contributed by atoms with van der Waals surface area (Å²) in [5.74, 6) is -0.902. The Labute approximate surface area is 119 Å². The summed E-state index contributed by atoms with van der Waals surface area (Å²) < 4.78 is 31.8. The lowest BCUT2D eigenvalue weighted by molar-refractivity contribution is 0.299. The molecule has 0 aliphatic carbocycles. The van der Waals surface area contributed by atoms with Crippen molar-refractivity contribution < 1.29 is 13.5 Å². The van der Waals surface area contributed by atoms with E-state index < -0.39 is 11.6 Å². The average Bonchev–Trinajstić information content (AvgIpc) is 2.40. The predicted octanol–water partition coefficient (Wildman–Crippen LogP) is 3.48. The fourth-order valence-electron chi connectivity index (χ4n) is 1.59. The van der Waals surface area contributed by atoms with Crippen molar-refractivity contribution >= 4 is 17.4 Å². The van der Waals surface area contributed by atoms with Crippen LogP contribution < -0.4 is 10.5 Å². The molecule has 0 atom stereocenters. The van der Waals surface area contributed by atoms with Crippen molar-refractivity contribution in [3.8, 4) is 5.75 Å². The van der Waals surface area contributed by atoms with Crippen molar-refractivity contribution in [2.45, 2.75) is 6.61 Å². The van der Waals surface area contributed by atoms with E-state index in [4.69, 9.17) is 27.5 Å². The molecule has 0 heterocycles. The Morgan fingerprint density at radius 1 is 1.20 bits per heavy atom. The van der Waals surface area contributed by atoms with E-state index in [1.54, 1.807) is 6.07 Å². The van der Waals surface area contributed by atoms with Gasteiger partial charge in [0.15, 0.2) is 0 Å². The minimum atomic E-state index is -0.553. The number of hydrogen-bond acceptors (Lipinski definition) is 2. The molecule has 2 aromatic rings. The first-order valence-electron chi connectivity index (χ1n) is 5.68. The van der Waals surface area contributed by atoms with Crippen LogP contribution in [0.4, 0.5) is 8.78 Å². The minimum absolute atomic E-state index is 0.0942. The normalized spacial score (nSPS) is 10.3. The molecule has 0 saturated heterocycles. The molecule has 0 fully saturated rings. The quantitative estimate of drug-likeness (QED) is 0.670. The highest BCUT2D eigenvalue weighted by molar-refractivity contribution is 6.32. The zero-order valence-electron chi connectivity index (χ0n) is 10.3. The summed E-state index contributed by atoms with van der Waals surface area (Å²) >= 11 is 5.97. The molecule has 0 amide bonds. The van der Waals surface area contributed by atoms with E-state index in [9.17, 15) is 8.78 Å². The Bertz CT molecular complexity index is 662. The summed E-state index contributed by atoms with van der Waals surface area (Å²) in [7, 11) is 0. The van der Waals surface area contributed by atoms with Crippen LogP contribution in [0.1, 0.15) is 11.1 Å². The highest BCUT2D eigenvalue weighted by Gasteiger charge is 2.08. The van der Waals surface area contributed by atoms with E-state index in [-0.39, 0.29) is 23.0 Å². The second kappa shape index (κ2) is 5.88. The van der Waals surface area contributed by atoms with Crippen molar-refractivity contribution in [3.63, 3.8) is 0 Å². The maximum Gasteiger partial charge on any atom is 0.138 e. The molecule has 2 rings (SSSR count). The number of rotatable bonds is 4. The molecule has 3 N–H and O–H groups in total. The molecular formula is C14H11ClF2N2O. The summed E-state index contributed by atoms with van der Waals surface area (Å²) in [6, 6.07) is 7.69. The molecule has 0 bridgehead atoms. The molecular weight excluding hydrogens is 286 g/mol. The molecule has 20 heavy (non-hydrogen) atoms. The van der Waals surface area contributed by atoms with E-state index in [1.807, 2.05) is 0 Å². The van der Waals surface area contributed by atoms with Crippen molar-refractivity contribution in [2.75, 3.05) is 0 Å². The lowest BCUT2D eigenvalue weighted by atomic mass is 10.2. The molecule has 0 aromatic heterocycles. The first-order chi connectivity index (χ1) is 9.47. The Kier molecular flexibility index (Phi) is 4.20. The van der Waals surface area contributed by atoms with Crippen LogP contribution in [0, 0.1) is 17.0 Å². The maximum absolute atomic E-state index is 13.4. The summed E-state index contributed by atoms with van der Waals surface area (Å²) in [5.41, 5.74) is 5.88. The fourth-order valence-corrected chi connectivity index (χ4v) is 1.83. The van der Waals surface area contributed by atoms with Crippen LogP contribution in [0.5, 0.6) is 5.75 Å². The van der Waals surface area contributed by atoms with Gasteiger partial charge in [-0.1, -0.05) is 11.6 Å². The van der Waals surface area contributed by atoms with Crippen LogP contribution in [0.2, 0.25) is 5.02 Å². The van der Waals surface area contributed by atoms with Crippen LogP contribution in [-0.2, 0) is 6.61 Å². The van der Waals surface area contributed by atoms with Gasteiger partial charge in [-0.2, -0.15) is 0 Å². The van der Waals surface area contributed by atoms with Crippen molar-refractivity contribution in [3.05, 3.63) is 64.2 Å². The zero-order chi connectivity index (χ0) is 14.7. The van der Waals surface area contributed by atoms with Gasteiger partial charge in [-0.3, -0.25) is 5.41 Å². The van der Waals surface area contributed by atoms with Gasteiger partial charge in [0.1, 0.15) is 29.8 Å². The molecule has 0 saturated carbocycles. The van der Waals surface area contributed by atoms with Gasteiger partial charge in [0.2, 0.25) is 0 Å². The average molecular weight is 297 g/mol. The number of nitrogens with one attached hydrogen (secondary N) is 1. The van der Waals surface area contributed by atoms with Crippen molar-refractivity contribution in [1.82, 2.24) is 0 Å². The standard InChI is InChI=1S/C14H11ClF2N2O/c15-11-6-8(14(18)19)1-4-13(11)20-7-9-5-10(16)2-3-12(9)17/h1-6H,7H2,(H3,18,19). The number of nitrogens with two attached hydrogens (primary N) is 1. The van der Waals surface area contributed by atoms with Gasteiger partial charge in [-0.05, 0) is 36.4 Å². The topological polar surface area (TPSA) is 59.1 Å². The third kappa shape index (κ3) is 3.24. The Morgan fingerprint density at radius 3 is 2.60 bits per heavy atom. The Hall–Kier alpha value is -2.14. The van der Waals surface area contributed by atoms with Gasteiger partial charge < -0.3 is 10.5 Å². The molecule has 0 aliphatic heterocycles. The Balaban J connectivity index is 2.15. The number of hydrogen-bond donors (Lipinski definition) is 2. The lowest BCUT2D eigenvalue weighted by Crippen LogP contribution is -2.10. The second-order valence-electron chi connectivity index (χ2n) is 4.08. The zero-order valence-corrected chi connectivity index (χ0v) is 11.0. The van der Waals surface area contributed by atoms with E-state index in [0.29, 0.717) is 11.3 Å². The van der Waals surface area contributed by atoms with Gasteiger partial charge in [0.25, 0.3) is 0 Å². The molecule has 0 aliphatic rings. The first kappa shape index (κ1) is 14.3. The SMILES string of the molecule is N=C(N)c1ccc(OCc2cc(F)ccc2F)c(Cl)c1. The predicted molar refractivity (Wildman–Crippen MR) is 73.2 cm³/mol. The second-order valence-corrected chi connectivity index (χ2v) is 4.49. The monoisotopic (exact) mass is 296 g/mol. The smallest absolute Gasteiger partial charge is 0.138 e. The van der Waals surface area contributed by atoms with Crippen LogP contribution >= 0.6 is 11.6 Å². The lowest BCUT2D eigenvalue weighted by Gasteiger charge is -2.10. The van der Waals surface area contributed by atoms with Crippen LogP contribution in [0.15, 0.2) is 36.4 Å². The largest absolute Gasteiger partial charge is 0.487 e. The maximum atomic E-state index is 13.4. The summed E-state index contributed by atoms with van der Waals surface area (Å²) in [5, 5.41) is 7.52. The molecule has 104 valence electrons. The number of ether oxygens (including phenoxy) is 1. The van der Waals surface area contributed by atoms with Crippen LogP contribution in [0.25, 0.3) is 0 Å². The molecule has 0 spiro atoms. The molecule has 3 nitrogen and oxygen atoms in total. The van der Waals surface area contributed by atoms with Gasteiger partial charge >= 0.3 is 0 Å². The minimum Gasteiger partial charge on any atom is -0.487 e. The van der Waals surface area contributed by atoms with E-state index in [2.05, 4.69) is 0 Å². The third-order valence-corrected chi connectivity index (χ3v) is 2.93. The van der Waals surface area contributed by atoms with Gasteiger partial charge in [0.05, 0.1) is 5.02 Å². The summed E-state index contributed by atoms with van der Waals surface area (Å²) in [4.78, 5) is 0. The molecule has 0 unspecified atom stereocenters. The van der Waals surface area contributed by atoms with Gasteiger partial charge in [0, 0.05) is 11.1 Å². The van der Waals surface area contributed by atoms with Crippen molar-refractivity contribution in [2.24, 2.45) is 5.73 Å². The number of nitrogen functional groups attached to an aromatic ring is 1. The van der Waals surface area contributed by atoms with E-state index >= 15 is 0 Å². The number of amidine groups is 1. The number of benzene rings is 2. The van der Waals surface area contributed by atoms with Crippen LogP contribution in [0.3, 0.4) is 0 Å². The molecule has 0 radical (unpaired) electrons. The highest BCUT2D eigenvalue weighted by atomic mass is 35.5. The van der Waals surface area contributed by atoms with Gasteiger partial charge in [-0.15, -0.1) is 0 Å². The summed E-state index contributed by atoms with van der Waals surface area (Å²) in [6.45, 7) is -0.150.